The van der Waals surface area contributed by atoms with Crippen LogP contribution in [0.2, 0.25) is 0 Å². The van der Waals surface area contributed by atoms with Crippen LogP contribution in [0.1, 0.15) is 66.0 Å². The minimum atomic E-state index is -0.193. The highest BCUT2D eigenvalue weighted by Crippen LogP contribution is 2.50. The summed E-state index contributed by atoms with van der Waals surface area (Å²) in [6.45, 7) is 5.02. The zero-order valence-corrected chi connectivity index (χ0v) is 15.3. The van der Waals surface area contributed by atoms with Crippen molar-refractivity contribution in [3.63, 3.8) is 0 Å². The van der Waals surface area contributed by atoms with Crippen LogP contribution >= 0.6 is 0 Å². The molecule has 138 valence electrons. The summed E-state index contributed by atoms with van der Waals surface area (Å²) < 4.78 is 11.6. The van der Waals surface area contributed by atoms with Crippen molar-refractivity contribution in [1.29, 1.82) is 0 Å². The lowest BCUT2D eigenvalue weighted by molar-refractivity contribution is 0.0741. The number of hydrogen-bond donors (Lipinski definition) is 0. The summed E-state index contributed by atoms with van der Waals surface area (Å²) >= 11 is 0. The molecule has 0 unspecified atom stereocenters. The number of nitrogens with zero attached hydrogens (tertiary/aromatic N) is 4. The summed E-state index contributed by atoms with van der Waals surface area (Å²) in [5, 5.41) is 8.32. The SMILES string of the molecule is Cc1nnc([C@]23CCC[C@H]2CN(C(=O)c2oc(CC4CC4)nc2C)C3)o1. The van der Waals surface area contributed by atoms with E-state index in [0.717, 1.165) is 32.2 Å². The van der Waals surface area contributed by atoms with Crippen LogP contribution in [0.15, 0.2) is 8.83 Å². The topological polar surface area (TPSA) is 85.3 Å². The van der Waals surface area contributed by atoms with Crippen LogP contribution in [-0.2, 0) is 11.8 Å². The van der Waals surface area contributed by atoms with Gasteiger partial charge in [-0.1, -0.05) is 6.42 Å². The maximum Gasteiger partial charge on any atom is 0.291 e. The molecule has 5 rings (SSSR count). The Balaban J connectivity index is 1.39. The Bertz CT molecular complexity index is 853. The van der Waals surface area contributed by atoms with Crippen molar-refractivity contribution in [2.75, 3.05) is 13.1 Å². The van der Waals surface area contributed by atoms with Crippen LogP contribution in [0, 0.1) is 25.7 Å². The number of rotatable bonds is 4. The number of carbonyl (C=O) groups excluding carboxylic acids is 1. The molecular formula is C19H24N4O3. The number of aryl methyl sites for hydroxylation is 2. The third-order valence-corrected chi connectivity index (χ3v) is 6.31. The quantitative estimate of drug-likeness (QED) is 0.837. The molecule has 1 aliphatic heterocycles. The lowest BCUT2D eigenvalue weighted by Crippen LogP contribution is -2.35. The molecule has 2 saturated carbocycles. The Morgan fingerprint density at radius 2 is 2.08 bits per heavy atom. The standard InChI is InChI=1S/C19H24N4O3/c1-11-16(26-15(20-11)8-13-5-6-13)17(24)23-9-14-4-3-7-19(14,10-23)18-22-21-12(2)25-18/h13-14H,3-10H2,1-2H3/t14-,19-/m0/s1. The molecule has 26 heavy (non-hydrogen) atoms. The van der Waals surface area contributed by atoms with Crippen LogP contribution in [0.4, 0.5) is 0 Å². The Morgan fingerprint density at radius 1 is 1.23 bits per heavy atom. The van der Waals surface area contributed by atoms with E-state index in [1.165, 1.54) is 12.8 Å². The van der Waals surface area contributed by atoms with Crippen molar-refractivity contribution < 1.29 is 13.6 Å². The predicted octanol–water partition coefficient (Wildman–Crippen LogP) is 2.82. The number of fused-ring (bicyclic) bond motifs is 1. The summed E-state index contributed by atoms with van der Waals surface area (Å²) in [7, 11) is 0. The van der Waals surface area contributed by atoms with E-state index in [-0.39, 0.29) is 11.3 Å². The van der Waals surface area contributed by atoms with Gasteiger partial charge in [0.05, 0.1) is 11.1 Å². The average molecular weight is 356 g/mol. The minimum absolute atomic E-state index is 0.0536. The molecule has 1 amide bonds. The first-order chi connectivity index (χ1) is 12.5. The summed E-state index contributed by atoms with van der Waals surface area (Å²) in [6, 6.07) is 0. The predicted molar refractivity (Wildman–Crippen MR) is 91.6 cm³/mol. The van der Waals surface area contributed by atoms with E-state index in [9.17, 15) is 4.79 Å². The molecule has 3 fully saturated rings. The highest BCUT2D eigenvalue weighted by atomic mass is 16.4. The van der Waals surface area contributed by atoms with Gasteiger partial charge in [-0.25, -0.2) is 4.98 Å². The van der Waals surface area contributed by atoms with Gasteiger partial charge in [0.1, 0.15) is 0 Å². The molecule has 0 radical (unpaired) electrons. The number of aromatic nitrogens is 3. The fraction of sp³-hybridized carbons (Fsp3) is 0.684. The van der Waals surface area contributed by atoms with Gasteiger partial charge in [0.25, 0.3) is 5.91 Å². The van der Waals surface area contributed by atoms with Gasteiger partial charge in [0, 0.05) is 26.4 Å². The van der Waals surface area contributed by atoms with Crippen LogP contribution < -0.4 is 0 Å². The summed E-state index contributed by atoms with van der Waals surface area (Å²) in [4.78, 5) is 19.5. The molecule has 3 heterocycles. The van der Waals surface area contributed by atoms with Crippen molar-refractivity contribution in [2.24, 2.45) is 11.8 Å². The highest BCUT2D eigenvalue weighted by molar-refractivity contribution is 5.92. The van der Waals surface area contributed by atoms with E-state index in [1.807, 2.05) is 18.7 Å². The molecule has 0 bridgehead atoms. The lowest BCUT2D eigenvalue weighted by Gasteiger charge is -2.24. The third-order valence-electron chi connectivity index (χ3n) is 6.31. The summed E-state index contributed by atoms with van der Waals surface area (Å²) in [5.41, 5.74) is 0.507. The monoisotopic (exact) mass is 356 g/mol. The Kier molecular flexibility index (Phi) is 3.49. The Labute approximate surface area is 152 Å². The van der Waals surface area contributed by atoms with Crippen molar-refractivity contribution in [2.45, 2.75) is 57.8 Å². The van der Waals surface area contributed by atoms with Crippen LogP contribution in [0.5, 0.6) is 0 Å². The van der Waals surface area contributed by atoms with Gasteiger partial charge in [0.15, 0.2) is 5.89 Å². The van der Waals surface area contributed by atoms with Crippen molar-refractivity contribution in [3.8, 4) is 0 Å². The first kappa shape index (κ1) is 16.0. The zero-order chi connectivity index (χ0) is 17.9. The second-order valence-electron chi connectivity index (χ2n) is 8.23. The zero-order valence-electron chi connectivity index (χ0n) is 15.3. The number of oxazole rings is 1. The van der Waals surface area contributed by atoms with Crippen molar-refractivity contribution in [3.05, 3.63) is 29.1 Å². The maximum absolute atomic E-state index is 13.1. The van der Waals surface area contributed by atoms with E-state index in [2.05, 4.69) is 15.2 Å². The molecule has 0 N–H and O–H groups in total. The molecular weight excluding hydrogens is 332 g/mol. The van der Waals surface area contributed by atoms with E-state index in [0.29, 0.717) is 47.5 Å². The van der Waals surface area contributed by atoms with Crippen LogP contribution in [0.25, 0.3) is 0 Å². The average Bonchev–Trinajstić information content (AvgIpc) is 2.95. The molecule has 0 aromatic carbocycles. The molecule has 2 aromatic rings. The van der Waals surface area contributed by atoms with Crippen molar-refractivity contribution >= 4 is 5.91 Å². The van der Waals surface area contributed by atoms with Gasteiger partial charge in [-0.2, -0.15) is 0 Å². The molecule has 2 atom stereocenters. The van der Waals surface area contributed by atoms with E-state index in [4.69, 9.17) is 8.83 Å². The third kappa shape index (κ3) is 2.47. The molecule has 3 aliphatic rings. The molecule has 1 saturated heterocycles. The van der Waals surface area contributed by atoms with Gasteiger partial charge in [0.2, 0.25) is 17.5 Å². The lowest BCUT2D eigenvalue weighted by atomic mass is 9.80. The summed E-state index contributed by atoms with van der Waals surface area (Å²) in [5.74, 6) is 3.39. The Morgan fingerprint density at radius 3 is 2.81 bits per heavy atom. The Hall–Kier alpha value is -2.18. The van der Waals surface area contributed by atoms with Gasteiger partial charge < -0.3 is 13.7 Å². The largest absolute Gasteiger partial charge is 0.435 e. The minimum Gasteiger partial charge on any atom is -0.435 e. The fourth-order valence-corrected chi connectivity index (χ4v) is 4.74. The van der Waals surface area contributed by atoms with Gasteiger partial charge in [-0.15, -0.1) is 10.2 Å². The van der Waals surface area contributed by atoms with Gasteiger partial charge in [-0.05, 0) is 44.4 Å². The maximum atomic E-state index is 13.1. The van der Waals surface area contributed by atoms with Gasteiger partial charge >= 0.3 is 0 Å². The molecule has 7 heteroatoms. The second-order valence-corrected chi connectivity index (χ2v) is 8.23. The fourth-order valence-electron chi connectivity index (χ4n) is 4.74. The van der Waals surface area contributed by atoms with Crippen LogP contribution in [-0.4, -0.2) is 39.1 Å². The smallest absolute Gasteiger partial charge is 0.291 e. The first-order valence-electron chi connectivity index (χ1n) is 9.61. The normalized spacial score (nSPS) is 27.9. The number of carbonyl (C=O) groups is 1. The summed E-state index contributed by atoms with van der Waals surface area (Å²) in [6.07, 6.45) is 6.55. The number of likely N-dealkylation sites (tertiary alicyclic amines) is 1. The van der Waals surface area contributed by atoms with E-state index >= 15 is 0 Å². The number of amides is 1. The van der Waals surface area contributed by atoms with E-state index in [1.54, 1.807) is 0 Å². The van der Waals surface area contributed by atoms with Crippen LogP contribution in [0.3, 0.4) is 0 Å². The second kappa shape index (κ2) is 5.66. The van der Waals surface area contributed by atoms with Gasteiger partial charge in [-0.3, -0.25) is 4.79 Å². The highest BCUT2D eigenvalue weighted by Gasteiger charge is 2.55. The van der Waals surface area contributed by atoms with Crippen molar-refractivity contribution in [1.82, 2.24) is 20.1 Å². The van der Waals surface area contributed by atoms with E-state index < -0.39 is 0 Å². The first-order valence-corrected chi connectivity index (χ1v) is 9.61. The molecule has 2 aliphatic carbocycles. The molecule has 0 spiro atoms. The molecule has 7 nitrogen and oxygen atoms in total. The molecule has 2 aromatic heterocycles. The number of hydrogen-bond acceptors (Lipinski definition) is 6.